The average molecular weight is 430 g/mol. The van der Waals surface area contributed by atoms with Crippen LogP contribution in [0.5, 0.6) is 0 Å². The van der Waals surface area contributed by atoms with Crippen LogP contribution in [0.3, 0.4) is 0 Å². The van der Waals surface area contributed by atoms with Crippen LogP contribution in [0.2, 0.25) is 0 Å². The number of benzene rings is 1. The van der Waals surface area contributed by atoms with Crippen molar-refractivity contribution in [3.63, 3.8) is 0 Å². The Kier molecular flexibility index (Phi) is 5.88. The fourth-order valence-corrected chi connectivity index (χ4v) is 3.56. The van der Waals surface area contributed by atoms with E-state index in [0.717, 1.165) is 15.7 Å². The Balaban J connectivity index is 2.42. The number of amides is 1. The zero-order chi connectivity index (χ0) is 19.0. The first kappa shape index (κ1) is 20.2. The second-order valence-electron chi connectivity index (χ2n) is 8.11. The van der Waals surface area contributed by atoms with Gasteiger partial charge in [0.25, 0.3) is 0 Å². The normalized spacial score (nSPS) is 19.5. The van der Waals surface area contributed by atoms with E-state index in [2.05, 4.69) is 20.3 Å². The summed E-state index contributed by atoms with van der Waals surface area (Å²) in [5.41, 5.74) is 1.10. The van der Waals surface area contributed by atoms with Gasteiger partial charge in [0.05, 0.1) is 11.7 Å². The maximum absolute atomic E-state index is 12.6. The predicted molar refractivity (Wildman–Crippen MR) is 105 cm³/mol. The number of anilines is 1. The van der Waals surface area contributed by atoms with E-state index in [1.54, 1.807) is 4.90 Å². The Bertz CT molecular complexity index is 744. The lowest BCUT2D eigenvalue weighted by atomic mass is 9.97. The maximum atomic E-state index is 12.6. The molecule has 1 aromatic rings. The highest BCUT2D eigenvalue weighted by Crippen LogP contribution is 2.39. The molecule has 1 aliphatic rings. The van der Waals surface area contributed by atoms with Crippen molar-refractivity contribution < 1.29 is 13.7 Å². The van der Waals surface area contributed by atoms with E-state index < -0.39 is 20.9 Å². The van der Waals surface area contributed by atoms with Gasteiger partial charge < -0.3 is 13.3 Å². The number of ether oxygens (including phenoxy) is 1. The van der Waals surface area contributed by atoms with Crippen LogP contribution in [-0.4, -0.2) is 23.0 Å². The summed E-state index contributed by atoms with van der Waals surface area (Å²) in [7, 11) is -1.31. The van der Waals surface area contributed by atoms with Crippen molar-refractivity contribution in [1.29, 1.82) is 0 Å². The molecule has 0 fully saturated rings. The standard InChI is InChI=1S/C18H26BrN2O3S/c1-17(2,3)24-16(22)21-10-9-14(20-25(23)18(4,5)6)13-8-7-12(19)11-15(13)21/h7-8,11,14H,9-10H2,1-6H3/q-1/t14-/m1/s1. The van der Waals surface area contributed by atoms with Gasteiger partial charge in [-0.15, -0.1) is 0 Å². The Hall–Kier alpha value is -1.08. The number of rotatable bonds is 1. The van der Waals surface area contributed by atoms with E-state index >= 15 is 0 Å². The van der Waals surface area contributed by atoms with Crippen LogP contribution >= 0.6 is 15.9 Å². The third-order valence-electron chi connectivity index (χ3n) is 3.63. The summed E-state index contributed by atoms with van der Waals surface area (Å²) in [6.45, 7) is 11.7. The molecule has 0 N–H and O–H groups in total. The lowest BCUT2D eigenvalue weighted by Crippen LogP contribution is -2.40. The first-order valence-electron chi connectivity index (χ1n) is 8.31. The third kappa shape index (κ3) is 5.20. The summed E-state index contributed by atoms with van der Waals surface area (Å²) in [5.74, 6) is 0. The number of fused-ring (bicyclic) bond motifs is 1. The fraction of sp³-hybridized carbons (Fsp3) is 0.611. The Morgan fingerprint density at radius 2 is 1.92 bits per heavy atom. The monoisotopic (exact) mass is 429 g/mol. The van der Waals surface area contributed by atoms with Crippen molar-refractivity contribution in [2.45, 2.75) is 64.4 Å². The minimum Gasteiger partial charge on any atom is -0.444 e. The third-order valence-corrected chi connectivity index (χ3v) is 5.62. The lowest BCUT2D eigenvalue weighted by Gasteiger charge is -2.36. The van der Waals surface area contributed by atoms with Gasteiger partial charge in [0.2, 0.25) is 0 Å². The van der Waals surface area contributed by atoms with Gasteiger partial charge in [-0.2, -0.15) is 10.6 Å². The SMILES string of the molecule is CC(C)(C)OC(=O)N1CC[C@@H](N=[S-](=O)C(C)(C)C)c2ccc(Br)cc21. The van der Waals surface area contributed by atoms with E-state index in [0.29, 0.717) is 13.0 Å². The zero-order valence-electron chi connectivity index (χ0n) is 15.6. The van der Waals surface area contributed by atoms with Crippen LogP contribution in [0, 0.1) is 0 Å². The summed E-state index contributed by atoms with van der Waals surface area (Å²) in [4.78, 5) is 14.2. The summed E-state index contributed by atoms with van der Waals surface area (Å²) < 4.78 is 23.0. The van der Waals surface area contributed by atoms with Crippen molar-refractivity contribution in [3.8, 4) is 0 Å². The summed E-state index contributed by atoms with van der Waals surface area (Å²) in [6.07, 6.45) is 0.248. The first-order valence-corrected chi connectivity index (χ1v) is 10.2. The molecule has 1 heterocycles. The van der Waals surface area contributed by atoms with Crippen molar-refractivity contribution in [3.05, 3.63) is 28.2 Å². The van der Waals surface area contributed by atoms with Crippen LogP contribution in [0.1, 0.15) is 59.6 Å². The van der Waals surface area contributed by atoms with Crippen LogP contribution < -0.4 is 4.90 Å². The van der Waals surface area contributed by atoms with E-state index in [1.807, 2.05) is 59.7 Å². The number of halogens is 1. The molecule has 0 bridgehead atoms. The van der Waals surface area contributed by atoms with Crippen LogP contribution in [-0.2, 0) is 19.5 Å². The van der Waals surface area contributed by atoms with Gasteiger partial charge in [0.15, 0.2) is 0 Å². The smallest absolute Gasteiger partial charge is 0.414 e. The molecule has 0 saturated carbocycles. The van der Waals surface area contributed by atoms with Gasteiger partial charge >= 0.3 is 6.09 Å². The second-order valence-corrected chi connectivity index (χ2v) is 11.0. The van der Waals surface area contributed by atoms with Crippen LogP contribution in [0.25, 0.3) is 0 Å². The zero-order valence-corrected chi connectivity index (χ0v) is 18.0. The topological polar surface area (TPSA) is 59.0 Å². The van der Waals surface area contributed by atoms with Gasteiger partial charge in [-0.1, -0.05) is 47.5 Å². The predicted octanol–water partition coefficient (Wildman–Crippen LogP) is 5.58. The number of nitrogens with zero attached hydrogens (tertiary/aromatic N) is 2. The molecule has 0 aromatic heterocycles. The van der Waals surface area contributed by atoms with Crippen molar-refractivity contribution >= 4 is 38.3 Å². The van der Waals surface area contributed by atoms with Crippen molar-refractivity contribution in [1.82, 2.24) is 0 Å². The number of hydrogen-bond acceptors (Lipinski definition) is 5. The molecule has 140 valence electrons. The van der Waals surface area contributed by atoms with E-state index in [1.165, 1.54) is 0 Å². The Labute approximate surface area is 160 Å². The number of hydrogen-bond donors (Lipinski definition) is 0. The first-order chi connectivity index (χ1) is 11.4. The van der Waals surface area contributed by atoms with Crippen molar-refractivity contribution in [2.75, 3.05) is 11.4 Å². The number of carbonyl (C=O) groups is 1. The molecule has 1 aliphatic heterocycles. The highest BCUT2D eigenvalue weighted by molar-refractivity contribution is 9.10. The molecule has 0 spiro atoms. The van der Waals surface area contributed by atoms with Gasteiger partial charge in [-0.25, -0.2) is 4.79 Å². The Morgan fingerprint density at radius 3 is 2.48 bits per heavy atom. The van der Waals surface area contributed by atoms with E-state index in [9.17, 15) is 9.00 Å². The highest BCUT2D eigenvalue weighted by Gasteiger charge is 2.31. The van der Waals surface area contributed by atoms with Crippen LogP contribution in [0.15, 0.2) is 27.0 Å². The molecule has 0 radical (unpaired) electrons. The summed E-state index contributed by atoms with van der Waals surface area (Å²) in [6, 6.07) is 5.55. The van der Waals surface area contributed by atoms with Gasteiger partial charge in [-0.3, -0.25) is 4.90 Å². The summed E-state index contributed by atoms with van der Waals surface area (Å²) >= 11 is 3.46. The molecular formula is C18H26BrN2O3S-. The van der Waals surface area contributed by atoms with E-state index in [4.69, 9.17) is 4.74 Å². The molecule has 0 saturated heterocycles. The molecule has 1 aromatic carbocycles. The molecule has 0 aliphatic carbocycles. The molecule has 0 unspecified atom stereocenters. The molecular weight excluding hydrogens is 404 g/mol. The van der Waals surface area contributed by atoms with Gasteiger partial charge in [-0.05, 0) is 44.9 Å². The Morgan fingerprint density at radius 1 is 1.28 bits per heavy atom. The van der Waals surface area contributed by atoms with Gasteiger partial charge in [0, 0.05) is 11.0 Å². The molecule has 7 heteroatoms. The molecule has 5 nitrogen and oxygen atoms in total. The quantitative estimate of drug-likeness (QED) is 0.547. The molecule has 2 rings (SSSR count). The fourth-order valence-electron chi connectivity index (χ4n) is 2.45. The van der Waals surface area contributed by atoms with E-state index in [-0.39, 0.29) is 12.1 Å². The minimum atomic E-state index is -1.31. The average Bonchev–Trinajstić information content (AvgIpc) is 2.44. The van der Waals surface area contributed by atoms with Gasteiger partial charge in [0.1, 0.15) is 5.60 Å². The molecule has 25 heavy (non-hydrogen) atoms. The largest absolute Gasteiger partial charge is 0.444 e. The van der Waals surface area contributed by atoms with Crippen LogP contribution in [0.4, 0.5) is 10.5 Å². The molecule has 1 atom stereocenters. The highest BCUT2D eigenvalue weighted by atomic mass is 79.9. The molecule has 1 amide bonds. The summed E-state index contributed by atoms with van der Waals surface area (Å²) in [5, 5.41) is 0. The van der Waals surface area contributed by atoms with Crippen molar-refractivity contribution in [2.24, 2.45) is 4.36 Å². The maximum Gasteiger partial charge on any atom is 0.414 e. The minimum absolute atomic E-state index is 0.193. The second kappa shape index (κ2) is 7.27. The number of carbonyl (C=O) groups excluding carboxylic acids is 1. The lowest BCUT2D eigenvalue weighted by molar-refractivity contribution is 0.0576.